The third-order valence-electron chi connectivity index (χ3n) is 4.03. The molecule has 2 atom stereocenters. The van der Waals surface area contributed by atoms with Crippen LogP contribution < -0.4 is 5.32 Å². The predicted octanol–water partition coefficient (Wildman–Crippen LogP) is 2.22. The number of para-hydroxylation sites is 1. The van der Waals surface area contributed by atoms with Crippen molar-refractivity contribution in [2.24, 2.45) is 0 Å². The van der Waals surface area contributed by atoms with Crippen LogP contribution in [0, 0.1) is 0 Å². The van der Waals surface area contributed by atoms with Gasteiger partial charge in [0.25, 0.3) is 0 Å². The van der Waals surface area contributed by atoms with Crippen LogP contribution >= 0.6 is 0 Å². The molecule has 26 heavy (non-hydrogen) atoms. The summed E-state index contributed by atoms with van der Waals surface area (Å²) in [5.41, 5.74) is 0.496. The van der Waals surface area contributed by atoms with Crippen LogP contribution in [0.15, 0.2) is 24.3 Å². The van der Waals surface area contributed by atoms with E-state index in [0.29, 0.717) is 19.7 Å². The number of nitrogens with zero attached hydrogens (tertiary/aromatic N) is 1. The molecule has 1 aromatic carbocycles. The average Bonchev–Trinajstić information content (AvgIpc) is 2.60. The fourth-order valence-electron chi connectivity index (χ4n) is 2.82. The molecule has 0 saturated carbocycles. The molecule has 0 radical (unpaired) electrons. The van der Waals surface area contributed by atoms with Crippen LogP contribution in [0.25, 0.3) is 0 Å². The first-order valence-corrected chi connectivity index (χ1v) is 8.94. The van der Waals surface area contributed by atoms with Gasteiger partial charge >= 0.3 is 17.8 Å². The molecule has 2 unspecified atom stereocenters. The fourth-order valence-corrected chi connectivity index (χ4v) is 2.82. The smallest absolute Gasteiger partial charge is 0.340 e. The topological polar surface area (TPSA) is 84.9 Å². The Kier molecular flexibility index (Phi) is 7.15. The summed E-state index contributed by atoms with van der Waals surface area (Å²) in [6.45, 7) is 6.75. The van der Waals surface area contributed by atoms with Crippen molar-refractivity contribution in [2.75, 3.05) is 25.0 Å². The summed E-state index contributed by atoms with van der Waals surface area (Å²) in [6, 6.07) is 6.50. The maximum atomic E-state index is 12.4. The van der Waals surface area contributed by atoms with Crippen LogP contribution in [0.2, 0.25) is 0 Å². The summed E-state index contributed by atoms with van der Waals surface area (Å²) >= 11 is 0. The van der Waals surface area contributed by atoms with Crippen molar-refractivity contribution in [3.63, 3.8) is 0 Å². The number of ether oxygens (including phenoxy) is 2. The highest BCUT2D eigenvalue weighted by molar-refractivity contribution is 6.39. The first-order valence-electron chi connectivity index (χ1n) is 8.94. The van der Waals surface area contributed by atoms with E-state index in [1.807, 2.05) is 20.8 Å². The van der Waals surface area contributed by atoms with E-state index in [-0.39, 0.29) is 23.5 Å². The average molecular weight is 362 g/mol. The largest absolute Gasteiger partial charge is 0.462 e. The number of carbonyl (C=O) groups is 3. The van der Waals surface area contributed by atoms with Gasteiger partial charge in [-0.1, -0.05) is 25.5 Å². The third-order valence-corrected chi connectivity index (χ3v) is 4.03. The standard InChI is InChI=1S/C19H26N2O5/c1-4-5-10-25-19(24)15-8-6-7-9-16(15)20-17(22)18(23)21-11-13(2)26-14(3)12-21/h6-9,13-14H,4-5,10-12H2,1-3H3,(H,20,22). The van der Waals surface area contributed by atoms with Gasteiger partial charge in [-0.05, 0) is 32.4 Å². The Labute approximate surface area is 153 Å². The molecule has 0 spiro atoms. The van der Waals surface area contributed by atoms with Crippen LogP contribution in [-0.4, -0.2) is 54.6 Å². The summed E-state index contributed by atoms with van der Waals surface area (Å²) in [5.74, 6) is -1.93. The van der Waals surface area contributed by atoms with Gasteiger partial charge in [-0.15, -0.1) is 0 Å². The second kappa shape index (κ2) is 9.33. The van der Waals surface area contributed by atoms with Gasteiger partial charge in [-0.25, -0.2) is 4.79 Å². The second-order valence-corrected chi connectivity index (χ2v) is 6.46. The van der Waals surface area contributed by atoms with E-state index in [2.05, 4.69) is 5.32 Å². The van der Waals surface area contributed by atoms with Crippen LogP contribution in [0.3, 0.4) is 0 Å². The minimum absolute atomic E-state index is 0.128. The Hall–Kier alpha value is -2.41. The highest BCUT2D eigenvalue weighted by atomic mass is 16.5. The summed E-state index contributed by atoms with van der Waals surface area (Å²) in [5, 5.41) is 2.54. The number of hydrogen-bond acceptors (Lipinski definition) is 5. The van der Waals surface area contributed by atoms with E-state index in [1.165, 1.54) is 4.90 Å². The number of carbonyl (C=O) groups excluding carboxylic acids is 3. The van der Waals surface area contributed by atoms with Gasteiger partial charge in [0.15, 0.2) is 0 Å². The molecule has 1 saturated heterocycles. The van der Waals surface area contributed by atoms with Crippen LogP contribution in [0.1, 0.15) is 44.0 Å². The van der Waals surface area contributed by atoms with Gasteiger partial charge in [0.2, 0.25) is 0 Å². The Morgan fingerprint density at radius 3 is 2.50 bits per heavy atom. The molecule has 1 aliphatic heterocycles. The number of esters is 1. The van der Waals surface area contributed by atoms with Crippen molar-refractivity contribution in [2.45, 2.75) is 45.8 Å². The van der Waals surface area contributed by atoms with Crippen molar-refractivity contribution in [1.29, 1.82) is 0 Å². The zero-order chi connectivity index (χ0) is 19.1. The summed E-state index contributed by atoms with van der Waals surface area (Å²) < 4.78 is 10.8. The quantitative estimate of drug-likeness (QED) is 0.493. The minimum Gasteiger partial charge on any atom is -0.462 e. The van der Waals surface area contributed by atoms with E-state index in [0.717, 1.165) is 12.8 Å². The first kappa shape index (κ1) is 19.9. The van der Waals surface area contributed by atoms with Crippen LogP contribution in [-0.2, 0) is 19.1 Å². The van der Waals surface area contributed by atoms with Crippen LogP contribution in [0.5, 0.6) is 0 Å². The molecule has 0 bridgehead atoms. The summed E-state index contributed by atoms with van der Waals surface area (Å²) in [4.78, 5) is 38.5. The lowest BCUT2D eigenvalue weighted by molar-refractivity contribution is -0.151. The molecule has 142 valence electrons. The lowest BCUT2D eigenvalue weighted by Gasteiger charge is -2.34. The maximum Gasteiger partial charge on any atom is 0.340 e. The maximum absolute atomic E-state index is 12.4. The highest BCUT2D eigenvalue weighted by Gasteiger charge is 2.30. The lowest BCUT2D eigenvalue weighted by Crippen LogP contribution is -2.51. The second-order valence-electron chi connectivity index (χ2n) is 6.46. The monoisotopic (exact) mass is 362 g/mol. The number of unbranched alkanes of at least 4 members (excludes halogenated alkanes) is 1. The molecule has 0 aromatic heterocycles. The Balaban J connectivity index is 2.04. The zero-order valence-electron chi connectivity index (χ0n) is 15.5. The SMILES string of the molecule is CCCCOC(=O)c1ccccc1NC(=O)C(=O)N1CC(C)OC(C)C1. The molecule has 1 aliphatic rings. The van der Waals surface area contributed by atoms with E-state index in [1.54, 1.807) is 24.3 Å². The summed E-state index contributed by atoms with van der Waals surface area (Å²) in [7, 11) is 0. The Morgan fingerprint density at radius 2 is 1.85 bits per heavy atom. The predicted molar refractivity (Wildman–Crippen MR) is 96.9 cm³/mol. The fraction of sp³-hybridized carbons (Fsp3) is 0.526. The molecule has 1 heterocycles. The van der Waals surface area contributed by atoms with Crippen molar-refractivity contribution in [3.05, 3.63) is 29.8 Å². The number of amides is 2. The van der Waals surface area contributed by atoms with Gasteiger partial charge in [0.1, 0.15) is 0 Å². The van der Waals surface area contributed by atoms with Crippen molar-refractivity contribution in [1.82, 2.24) is 4.90 Å². The first-order chi connectivity index (χ1) is 12.4. The van der Waals surface area contributed by atoms with E-state index in [9.17, 15) is 14.4 Å². The number of hydrogen-bond donors (Lipinski definition) is 1. The number of morpholine rings is 1. The molecular formula is C19H26N2O5. The zero-order valence-corrected chi connectivity index (χ0v) is 15.5. The number of rotatable bonds is 5. The highest BCUT2D eigenvalue weighted by Crippen LogP contribution is 2.17. The molecule has 0 aliphatic carbocycles. The van der Waals surface area contributed by atoms with E-state index >= 15 is 0 Å². The molecule has 7 heteroatoms. The van der Waals surface area contributed by atoms with Gasteiger partial charge in [-0.3, -0.25) is 9.59 Å². The molecule has 1 aromatic rings. The molecule has 1 fully saturated rings. The third kappa shape index (κ3) is 5.29. The van der Waals surface area contributed by atoms with E-state index in [4.69, 9.17) is 9.47 Å². The molecule has 7 nitrogen and oxygen atoms in total. The number of benzene rings is 1. The van der Waals surface area contributed by atoms with Gasteiger partial charge < -0.3 is 19.7 Å². The van der Waals surface area contributed by atoms with E-state index < -0.39 is 17.8 Å². The lowest BCUT2D eigenvalue weighted by atomic mass is 10.1. The minimum atomic E-state index is -0.778. The molecular weight excluding hydrogens is 336 g/mol. The van der Waals surface area contributed by atoms with Gasteiger partial charge in [-0.2, -0.15) is 0 Å². The molecule has 1 N–H and O–H groups in total. The number of anilines is 1. The Bertz CT molecular complexity index is 651. The van der Waals surface area contributed by atoms with Gasteiger partial charge in [0, 0.05) is 13.1 Å². The van der Waals surface area contributed by atoms with Crippen molar-refractivity contribution < 1.29 is 23.9 Å². The Morgan fingerprint density at radius 1 is 1.19 bits per heavy atom. The molecule has 2 amide bonds. The van der Waals surface area contributed by atoms with Crippen molar-refractivity contribution >= 4 is 23.5 Å². The number of nitrogens with one attached hydrogen (secondary N) is 1. The normalized spacial score (nSPS) is 19.7. The summed E-state index contributed by atoms with van der Waals surface area (Å²) in [6.07, 6.45) is 1.43. The van der Waals surface area contributed by atoms with Gasteiger partial charge in [0.05, 0.1) is 30.1 Å². The van der Waals surface area contributed by atoms with Crippen LogP contribution in [0.4, 0.5) is 5.69 Å². The van der Waals surface area contributed by atoms with Crippen molar-refractivity contribution in [3.8, 4) is 0 Å². The molecule has 2 rings (SSSR count).